The molecule has 0 amide bonds. The summed E-state index contributed by atoms with van der Waals surface area (Å²) in [5.74, 6) is 0. The first-order valence-corrected chi connectivity index (χ1v) is 4.84. The Morgan fingerprint density at radius 2 is 2.33 bits per heavy atom. The molecule has 1 aliphatic rings. The van der Waals surface area contributed by atoms with Crippen LogP contribution in [0.5, 0.6) is 0 Å². The van der Waals surface area contributed by atoms with Gasteiger partial charge in [-0.05, 0) is 23.1 Å². The molecule has 0 aromatic carbocycles. The van der Waals surface area contributed by atoms with E-state index in [-0.39, 0.29) is 0 Å². The Morgan fingerprint density at radius 3 is 3.33 bits per heavy atom. The van der Waals surface area contributed by atoms with Gasteiger partial charge in [-0.3, -0.25) is 4.98 Å². The molecule has 0 atom stereocenters. The highest BCUT2D eigenvalue weighted by Crippen LogP contribution is 2.37. The van der Waals surface area contributed by atoms with Gasteiger partial charge in [0.05, 0.1) is 5.69 Å². The van der Waals surface area contributed by atoms with Crippen LogP contribution in [-0.2, 0) is 6.42 Å². The molecule has 1 aliphatic carbocycles. The number of pyridine rings is 1. The molecule has 2 aromatic heterocycles. The molecule has 0 fully saturated rings. The quantitative estimate of drug-likeness (QED) is 0.509. The van der Waals surface area contributed by atoms with Gasteiger partial charge in [-0.2, -0.15) is 0 Å². The first-order chi connectivity index (χ1) is 5.95. The number of rotatable bonds is 0. The molecule has 2 heterocycles. The Morgan fingerprint density at radius 1 is 1.33 bits per heavy atom. The summed E-state index contributed by atoms with van der Waals surface area (Å²) in [6.07, 6.45) is 2.95. The van der Waals surface area contributed by atoms with E-state index in [0.29, 0.717) is 0 Å². The molecule has 3 rings (SSSR count). The zero-order valence-corrected chi connectivity index (χ0v) is 7.27. The molecule has 0 radical (unpaired) electrons. The fourth-order valence-corrected chi connectivity index (χ4v) is 2.58. The van der Waals surface area contributed by atoms with Gasteiger partial charge in [0.1, 0.15) is 0 Å². The van der Waals surface area contributed by atoms with Crippen LogP contribution in [0, 0.1) is 0 Å². The maximum Gasteiger partial charge on any atom is 0.0748 e. The minimum atomic E-state index is 1.08. The van der Waals surface area contributed by atoms with Crippen LogP contribution in [0.4, 0.5) is 0 Å². The molecule has 58 valence electrons. The van der Waals surface area contributed by atoms with Crippen molar-refractivity contribution in [3.8, 4) is 11.3 Å². The Balaban J connectivity index is 2.34. The van der Waals surface area contributed by atoms with Crippen molar-refractivity contribution in [2.75, 3.05) is 0 Å². The van der Waals surface area contributed by atoms with Crippen LogP contribution in [0.3, 0.4) is 0 Å². The predicted molar refractivity (Wildman–Crippen MR) is 50.4 cm³/mol. The normalized spacial score (nSPS) is 12.7. The van der Waals surface area contributed by atoms with E-state index in [1.54, 1.807) is 0 Å². The summed E-state index contributed by atoms with van der Waals surface area (Å²) >= 11 is 1.83. The van der Waals surface area contributed by atoms with Crippen molar-refractivity contribution in [1.29, 1.82) is 0 Å². The van der Waals surface area contributed by atoms with E-state index in [1.807, 2.05) is 23.6 Å². The van der Waals surface area contributed by atoms with Crippen molar-refractivity contribution < 1.29 is 0 Å². The van der Waals surface area contributed by atoms with Gasteiger partial charge >= 0.3 is 0 Å². The van der Waals surface area contributed by atoms with Gasteiger partial charge in [0.2, 0.25) is 0 Å². The smallest absolute Gasteiger partial charge is 0.0748 e. The molecule has 12 heavy (non-hydrogen) atoms. The van der Waals surface area contributed by atoms with Crippen molar-refractivity contribution in [1.82, 2.24) is 4.98 Å². The van der Waals surface area contributed by atoms with Crippen molar-refractivity contribution in [2.45, 2.75) is 6.42 Å². The minimum Gasteiger partial charge on any atom is -0.256 e. The van der Waals surface area contributed by atoms with Crippen molar-refractivity contribution in [3.05, 3.63) is 40.2 Å². The summed E-state index contributed by atoms with van der Waals surface area (Å²) in [4.78, 5) is 5.84. The minimum absolute atomic E-state index is 1.08. The monoisotopic (exact) mass is 173 g/mol. The molecule has 0 spiro atoms. The second kappa shape index (κ2) is 2.17. The van der Waals surface area contributed by atoms with E-state index in [1.165, 1.54) is 21.7 Å². The van der Waals surface area contributed by atoms with Crippen LogP contribution in [-0.4, -0.2) is 4.98 Å². The van der Waals surface area contributed by atoms with Gasteiger partial charge in [-0.15, -0.1) is 11.3 Å². The van der Waals surface area contributed by atoms with Crippen LogP contribution in [0.2, 0.25) is 0 Å². The molecule has 0 N–H and O–H groups in total. The third-order valence-corrected chi connectivity index (χ3v) is 3.16. The summed E-state index contributed by atoms with van der Waals surface area (Å²) in [6.45, 7) is 0. The molecule has 1 nitrogen and oxygen atoms in total. The Bertz CT molecular complexity index is 431. The summed E-state index contributed by atoms with van der Waals surface area (Å²) < 4.78 is 0. The van der Waals surface area contributed by atoms with E-state index in [9.17, 15) is 0 Å². The Kier molecular flexibility index (Phi) is 1.15. The number of fused-ring (bicyclic) bond motifs is 3. The Hall–Kier alpha value is -1.15. The predicted octanol–water partition coefficient (Wildman–Crippen LogP) is 2.71. The lowest BCUT2D eigenvalue weighted by molar-refractivity contribution is 1.25. The van der Waals surface area contributed by atoms with Gasteiger partial charge in [-0.1, -0.05) is 6.07 Å². The molecule has 0 unspecified atom stereocenters. The molecule has 0 saturated carbocycles. The molecule has 2 heteroatoms. The molecule has 0 aliphatic heterocycles. The van der Waals surface area contributed by atoms with Crippen molar-refractivity contribution >= 4 is 11.3 Å². The number of aromatic nitrogens is 1. The van der Waals surface area contributed by atoms with E-state index in [2.05, 4.69) is 22.5 Å². The fraction of sp³-hybridized carbons (Fsp3) is 0.100. The topological polar surface area (TPSA) is 12.9 Å². The number of nitrogens with zero attached hydrogens (tertiary/aromatic N) is 1. The summed E-state index contributed by atoms with van der Waals surface area (Å²) in [6, 6.07) is 6.34. The highest BCUT2D eigenvalue weighted by Gasteiger charge is 2.19. The zero-order chi connectivity index (χ0) is 7.97. The van der Waals surface area contributed by atoms with Crippen LogP contribution >= 0.6 is 11.3 Å². The molecular formula is C10H7NS. The number of thiophene rings is 1. The van der Waals surface area contributed by atoms with E-state index in [0.717, 1.165) is 6.42 Å². The van der Waals surface area contributed by atoms with Crippen LogP contribution in [0.1, 0.15) is 10.4 Å². The lowest BCUT2D eigenvalue weighted by Crippen LogP contribution is -1.81. The fourth-order valence-electron chi connectivity index (χ4n) is 1.69. The molecule has 0 bridgehead atoms. The zero-order valence-electron chi connectivity index (χ0n) is 6.45. The Labute approximate surface area is 74.7 Å². The van der Waals surface area contributed by atoms with Crippen LogP contribution in [0.15, 0.2) is 29.8 Å². The third kappa shape index (κ3) is 0.703. The van der Waals surface area contributed by atoms with Crippen molar-refractivity contribution in [3.63, 3.8) is 0 Å². The lowest BCUT2D eigenvalue weighted by atomic mass is 10.2. The lowest BCUT2D eigenvalue weighted by Gasteiger charge is -1.94. The molecule has 0 saturated heterocycles. The maximum absolute atomic E-state index is 4.38. The first kappa shape index (κ1) is 6.38. The first-order valence-electron chi connectivity index (χ1n) is 3.96. The second-order valence-corrected chi connectivity index (χ2v) is 3.95. The van der Waals surface area contributed by atoms with E-state index >= 15 is 0 Å². The van der Waals surface area contributed by atoms with Gasteiger partial charge in [0.15, 0.2) is 0 Å². The number of hydrogen-bond donors (Lipinski definition) is 0. The molecule has 2 aromatic rings. The van der Waals surface area contributed by atoms with Gasteiger partial charge in [-0.25, -0.2) is 0 Å². The summed E-state index contributed by atoms with van der Waals surface area (Å²) in [7, 11) is 0. The standard InChI is InChI=1S/C10H7NS/c1-2-7-6-9-8(3-5-12-9)10(7)11-4-1/h1-5H,6H2. The summed E-state index contributed by atoms with van der Waals surface area (Å²) in [5, 5.41) is 2.14. The van der Waals surface area contributed by atoms with Crippen LogP contribution < -0.4 is 0 Å². The van der Waals surface area contributed by atoms with E-state index in [4.69, 9.17) is 0 Å². The average Bonchev–Trinajstić information content (AvgIpc) is 2.62. The SMILES string of the molecule is c1cnc2c(c1)Cc1sccc1-2. The van der Waals surface area contributed by atoms with Gasteiger partial charge in [0.25, 0.3) is 0 Å². The highest BCUT2D eigenvalue weighted by atomic mass is 32.1. The van der Waals surface area contributed by atoms with Crippen LogP contribution in [0.25, 0.3) is 11.3 Å². The summed E-state index contributed by atoms with van der Waals surface area (Å²) in [5.41, 5.74) is 3.91. The van der Waals surface area contributed by atoms with Gasteiger partial charge < -0.3 is 0 Å². The van der Waals surface area contributed by atoms with Crippen molar-refractivity contribution in [2.24, 2.45) is 0 Å². The highest BCUT2D eigenvalue weighted by molar-refractivity contribution is 7.10. The third-order valence-electron chi connectivity index (χ3n) is 2.24. The average molecular weight is 173 g/mol. The largest absolute Gasteiger partial charge is 0.256 e. The van der Waals surface area contributed by atoms with E-state index < -0.39 is 0 Å². The van der Waals surface area contributed by atoms with Gasteiger partial charge in [0, 0.05) is 23.1 Å². The maximum atomic E-state index is 4.38. The second-order valence-electron chi connectivity index (χ2n) is 2.95. The number of hydrogen-bond acceptors (Lipinski definition) is 2. The molecular weight excluding hydrogens is 166 g/mol.